The number of halogens is 1. The third kappa shape index (κ3) is 4.26. The Balaban J connectivity index is 1.86. The predicted octanol–water partition coefficient (Wildman–Crippen LogP) is 2.05. The molecule has 1 aliphatic rings. The monoisotopic (exact) mass is 287 g/mol. The van der Waals surface area contributed by atoms with Gasteiger partial charge in [0.15, 0.2) is 9.84 Å². The summed E-state index contributed by atoms with van der Waals surface area (Å²) < 4.78 is 23.9. The van der Waals surface area contributed by atoms with Crippen LogP contribution < -0.4 is 5.32 Å². The first kappa shape index (κ1) is 13.8. The van der Waals surface area contributed by atoms with E-state index in [1.165, 1.54) is 0 Å². The minimum absolute atomic E-state index is 0.153. The molecule has 5 heteroatoms. The Bertz CT molecular complexity index is 478. The fourth-order valence-electron chi connectivity index (χ4n) is 2.21. The number of aryl methyl sites for hydroxylation is 1. The number of rotatable bonds is 5. The first-order chi connectivity index (χ1) is 8.55. The van der Waals surface area contributed by atoms with E-state index in [2.05, 4.69) is 5.32 Å². The summed E-state index contributed by atoms with van der Waals surface area (Å²) in [6.45, 7) is 0.942. The maximum Gasteiger partial charge on any atom is 0.152 e. The van der Waals surface area contributed by atoms with Crippen LogP contribution in [-0.2, 0) is 16.3 Å². The van der Waals surface area contributed by atoms with E-state index in [1.54, 1.807) is 12.1 Å². The molecule has 1 heterocycles. The standard InChI is InChI=1S/C13H18ClNO2S/c14-12-5-3-11(4-6-12)7-9-18(16,17)10-13-2-1-8-15-13/h3-6,13,15H,1-2,7-10H2. The molecule has 18 heavy (non-hydrogen) atoms. The van der Waals surface area contributed by atoms with Gasteiger partial charge < -0.3 is 5.32 Å². The lowest BCUT2D eigenvalue weighted by atomic mass is 10.2. The average Bonchev–Trinajstić information content (AvgIpc) is 2.80. The Hall–Kier alpha value is -0.580. The van der Waals surface area contributed by atoms with E-state index in [0.717, 1.165) is 24.9 Å². The van der Waals surface area contributed by atoms with Crippen LogP contribution in [0.2, 0.25) is 5.02 Å². The molecule has 0 amide bonds. The highest BCUT2D eigenvalue weighted by Crippen LogP contribution is 2.12. The Morgan fingerprint density at radius 3 is 2.61 bits per heavy atom. The van der Waals surface area contributed by atoms with Crippen molar-refractivity contribution in [2.75, 3.05) is 18.1 Å². The Morgan fingerprint density at radius 1 is 1.28 bits per heavy atom. The van der Waals surface area contributed by atoms with Crippen LogP contribution in [0.1, 0.15) is 18.4 Å². The van der Waals surface area contributed by atoms with Crippen LogP contribution in [0.15, 0.2) is 24.3 Å². The van der Waals surface area contributed by atoms with Gasteiger partial charge in [0.2, 0.25) is 0 Å². The van der Waals surface area contributed by atoms with Gasteiger partial charge >= 0.3 is 0 Å². The number of hydrogen-bond donors (Lipinski definition) is 1. The van der Waals surface area contributed by atoms with Crippen LogP contribution in [0.5, 0.6) is 0 Å². The highest BCUT2D eigenvalue weighted by atomic mass is 35.5. The normalized spacial score (nSPS) is 20.2. The summed E-state index contributed by atoms with van der Waals surface area (Å²) in [5, 5.41) is 3.90. The molecular formula is C13H18ClNO2S. The number of hydrogen-bond acceptors (Lipinski definition) is 3. The van der Waals surface area contributed by atoms with Crippen LogP contribution in [0.25, 0.3) is 0 Å². The van der Waals surface area contributed by atoms with Gasteiger partial charge in [-0.25, -0.2) is 8.42 Å². The quantitative estimate of drug-likeness (QED) is 0.902. The van der Waals surface area contributed by atoms with Gasteiger partial charge in [-0.3, -0.25) is 0 Å². The van der Waals surface area contributed by atoms with E-state index in [0.29, 0.717) is 11.4 Å². The summed E-state index contributed by atoms with van der Waals surface area (Å²) in [6, 6.07) is 7.50. The minimum Gasteiger partial charge on any atom is -0.313 e. The Labute approximate surface area is 113 Å². The van der Waals surface area contributed by atoms with Crippen LogP contribution in [0.4, 0.5) is 0 Å². The topological polar surface area (TPSA) is 46.2 Å². The number of benzene rings is 1. The maximum absolute atomic E-state index is 12.0. The molecule has 1 unspecified atom stereocenters. The van der Waals surface area contributed by atoms with Crippen LogP contribution in [0.3, 0.4) is 0 Å². The number of sulfone groups is 1. The zero-order chi connectivity index (χ0) is 13.0. The van der Waals surface area contributed by atoms with E-state index in [1.807, 2.05) is 12.1 Å². The zero-order valence-electron chi connectivity index (χ0n) is 10.2. The largest absolute Gasteiger partial charge is 0.313 e. The molecule has 0 aliphatic carbocycles. The fourth-order valence-corrected chi connectivity index (χ4v) is 3.95. The van der Waals surface area contributed by atoms with Gasteiger partial charge in [0.1, 0.15) is 0 Å². The van der Waals surface area contributed by atoms with Crippen molar-refractivity contribution in [1.29, 1.82) is 0 Å². The lowest BCUT2D eigenvalue weighted by Crippen LogP contribution is -2.31. The van der Waals surface area contributed by atoms with Crippen molar-refractivity contribution < 1.29 is 8.42 Å². The van der Waals surface area contributed by atoms with Crippen LogP contribution >= 0.6 is 11.6 Å². The molecule has 1 aliphatic heterocycles. The highest BCUT2D eigenvalue weighted by molar-refractivity contribution is 7.91. The van der Waals surface area contributed by atoms with Gasteiger partial charge in [0.25, 0.3) is 0 Å². The Morgan fingerprint density at radius 2 is 2.00 bits per heavy atom. The summed E-state index contributed by atoms with van der Waals surface area (Å²) in [5.41, 5.74) is 1.02. The van der Waals surface area contributed by atoms with E-state index < -0.39 is 9.84 Å². The second-order valence-corrected chi connectivity index (χ2v) is 7.45. The summed E-state index contributed by atoms with van der Waals surface area (Å²) in [4.78, 5) is 0. The summed E-state index contributed by atoms with van der Waals surface area (Å²) in [6.07, 6.45) is 2.61. The summed E-state index contributed by atoms with van der Waals surface area (Å²) >= 11 is 5.79. The van der Waals surface area contributed by atoms with Gasteiger partial charge in [-0.2, -0.15) is 0 Å². The second kappa shape index (κ2) is 6.04. The number of nitrogens with one attached hydrogen (secondary N) is 1. The zero-order valence-corrected chi connectivity index (χ0v) is 11.8. The molecule has 1 N–H and O–H groups in total. The summed E-state index contributed by atoms with van der Waals surface area (Å²) in [7, 11) is -2.97. The Kier molecular flexibility index (Phi) is 4.65. The highest BCUT2D eigenvalue weighted by Gasteiger charge is 2.21. The second-order valence-electron chi connectivity index (χ2n) is 4.78. The van der Waals surface area contributed by atoms with Crippen molar-refractivity contribution in [3.8, 4) is 0 Å². The lowest BCUT2D eigenvalue weighted by Gasteiger charge is -2.10. The molecule has 1 saturated heterocycles. The van der Waals surface area contributed by atoms with Crippen molar-refractivity contribution in [1.82, 2.24) is 5.32 Å². The molecule has 1 fully saturated rings. The van der Waals surface area contributed by atoms with Gasteiger partial charge in [0, 0.05) is 11.1 Å². The van der Waals surface area contributed by atoms with E-state index >= 15 is 0 Å². The molecule has 1 aromatic carbocycles. The minimum atomic E-state index is -2.97. The summed E-state index contributed by atoms with van der Waals surface area (Å²) in [5.74, 6) is 0.480. The van der Waals surface area contributed by atoms with Gasteiger partial charge in [-0.05, 0) is 43.5 Å². The third-order valence-electron chi connectivity index (χ3n) is 3.23. The van der Waals surface area contributed by atoms with E-state index in [9.17, 15) is 8.42 Å². The van der Waals surface area contributed by atoms with Crippen LogP contribution in [-0.4, -0.2) is 32.5 Å². The molecule has 0 aromatic heterocycles. The van der Waals surface area contributed by atoms with E-state index in [4.69, 9.17) is 11.6 Å². The molecular weight excluding hydrogens is 270 g/mol. The fraction of sp³-hybridized carbons (Fsp3) is 0.538. The SMILES string of the molecule is O=S(=O)(CCc1ccc(Cl)cc1)CC1CCCN1. The van der Waals surface area contributed by atoms with Crippen molar-refractivity contribution >= 4 is 21.4 Å². The molecule has 3 nitrogen and oxygen atoms in total. The smallest absolute Gasteiger partial charge is 0.152 e. The molecule has 0 radical (unpaired) electrons. The third-order valence-corrected chi connectivity index (χ3v) is 5.22. The van der Waals surface area contributed by atoms with E-state index in [-0.39, 0.29) is 17.5 Å². The molecule has 2 rings (SSSR count). The van der Waals surface area contributed by atoms with Gasteiger partial charge in [-0.1, -0.05) is 23.7 Å². The van der Waals surface area contributed by atoms with Crippen molar-refractivity contribution in [2.45, 2.75) is 25.3 Å². The first-order valence-corrected chi connectivity index (χ1v) is 8.43. The molecule has 0 bridgehead atoms. The first-order valence-electron chi connectivity index (χ1n) is 6.23. The molecule has 1 atom stereocenters. The molecule has 0 spiro atoms. The lowest BCUT2D eigenvalue weighted by molar-refractivity contribution is 0.576. The maximum atomic E-state index is 12.0. The van der Waals surface area contributed by atoms with Gasteiger partial charge in [-0.15, -0.1) is 0 Å². The van der Waals surface area contributed by atoms with Crippen LogP contribution in [0, 0.1) is 0 Å². The average molecular weight is 288 g/mol. The predicted molar refractivity (Wildman–Crippen MR) is 74.8 cm³/mol. The van der Waals surface area contributed by atoms with Crippen molar-refractivity contribution in [2.24, 2.45) is 0 Å². The van der Waals surface area contributed by atoms with Crippen molar-refractivity contribution in [3.05, 3.63) is 34.9 Å². The molecule has 1 aromatic rings. The molecule has 0 saturated carbocycles. The van der Waals surface area contributed by atoms with Gasteiger partial charge in [0.05, 0.1) is 11.5 Å². The van der Waals surface area contributed by atoms with Crippen molar-refractivity contribution in [3.63, 3.8) is 0 Å². The molecule has 100 valence electrons.